The number of nitrogens with zero attached hydrogens (tertiary/aromatic N) is 4. The number of hydrogen-bond donors (Lipinski definition) is 0. The van der Waals surface area contributed by atoms with Gasteiger partial charge in [-0.2, -0.15) is 0 Å². The molecule has 1 fully saturated rings. The predicted molar refractivity (Wildman–Crippen MR) is 111 cm³/mol. The van der Waals surface area contributed by atoms with Crippen LogP contribution in [-0.2, 0) is 24.2 Å². The van der Waals surface area contributed by atoms with Gasteiger partial charge in [0.05, 0.1) is 6.20 Å². The lowest BCUT2D eigenvalue weighted by molar-refractivity contribution is -0.136. The van der Waals surface area contributed by atoms with Crippen LogP contribution in [0.1, 0.15) is 55.3 Å². The minimum absolute atomic E-state index is 0.0771. The Kier molecular flexibility index (Phi) is 6.00. The summed E-state index contributed by atoms with van der Waals surface area (Å²) in [6.45, 7) is 3.06. The van der Waals surface area contributed by atoms with E-state index >= 15 is 0 Å². The summed E-state index contributed by atoms with van der Waals surface area (Å²) in [6.07, 6.45) is 9.67. The van der Waals surface area contributed by atoms with Crippen molar-refractivity contribution in [3.63, 3.8) is 0 Å². The van der Waals surface area contributed by atoms with Gasteiger partial charge in [0.15, 0.2) is 0 Å². The van der Waals surface area contributed by atoms with Crippen LogP contribution in [0.5, 0.6) is 0 Å². The monoisotopic (exact) mass is 412 g/mol. The van der Waals surface area contributed by atoms with Crippen LogP contribution in [0.15, 0.2) is 47.3 Å². The van der Waals surface area contributed by atoms with Gasteiger partial charge in [-0.15, -0.1) is 0 Å². The van der Waals surface area contributed by atoms with Crippen molar-refractivity contribution in [3.05, 3.63) is 70.9 Å². The summed E-state index contributed by atoms with van der Waals surface area (Å²) < 4.78 is 7.98. The number of rotatable bonds is 6. The molecule has 1 aliphatic heterocycles. The Morgan fingerprint density at radius 3 is 2.97 bits per heavy atom. The van der Waals surface area contributed by atoms with Crippen molar-refractivity contribution in [1.29, 1.82) is 0 Å². The predicted octanol–water partition coefficient (Wildman–Crippen LogP) is 4.43. The van der Waals surface area contributed by atoms with Crippen LogP contribution in [0, 0.1) is 0 Å². The number of likely N-dealkylation sites (tertiary alicyclic amines) is 1. The molecule has 3 heterocycles. The maximum atomic E-state index is 13.1. The fourth-order valence-corrected chi connectivity index (χ4v) is 4.11. The Labute approximate surface area is 175 Å². The number of carbonyl (C=O) groups excluding carboxylic acids is 1. The quantitative estimate of drug-likeness (QED) is 0.600. The van der Waals surface area contributed by atoms with Crippen LogP contribution in [0.4, 0.5) is 0 Å². The van der Waals surface area contributed by atoms with E-state index in [0.717, 1.165) is 49.4 Å². The largest absolute Gasteiger partial charge is 0.443 e. The van der Waals surface area contributed by atoms with Crippen LogP contribution in [-0.4, -0.2) is 31.9 Å². The van der Waals surface area contributed by atoms with E-state index in [9.17, 15) is 4.79 Å². The molecule has 29 heavy (non-hydrogen) atoms. The van der Waals surface area contributed by atoms with Crippen LogP contribution < -0.4 is 0 Å². The van der Waals surface area contributed by atoms with E-state index in [1.807, 2.05) is 46.9 Å². The number of oxazole rings is 1. The second-order valence-corrected chi connectivity index (χ2v) is 7.76. The molecule has 0 radical (unpaired) electrons. The molecule has 6 nitrogen and oxygen atoms in total. The second kappa shape index (κ2) is 8.82. The van der Waals surface area contributed by atoms with Gasteiger partial charge in [0.25, 0.3) is 0 Å². The zero-order valence-electron chi connectivity index (χ0n) is 16.6. The summed E-state index contributed by atoms with van der Waals surface area (Å²) in [6, 6.07) is 7.60. The maximum Gasteiger partial charge on any atom is 0.243 e. The van der Waals surface area contributed by atoms with Crippen molar-refractivity contribution in [2.45, 2.75) is 51.6 Å². The molecule has 4 rings (SSSR count). The Balaban J connectivity index is 1.50. The highest BCUT2D eigenvalue weighted by Crippen LogP contribution is 2.31. The standard InChI is InChI=1S/C22H25ClN4O2/c1-2-20-24-10-12-26(20)15-21(28)27-11-6-5-9-19(27)22-25-14-17(29-22)13-16-7-3-4-8-18(16)23/h3-4,7-8,10,12,14,19H,2,5-6,9,11,13,15H2,1H3/t19-/m0/s1. The van der Waals surface area contributed by atoms with Crippen LogP contribution in [0.2, 0.25) is 5.02 Å². The van der Waals surface area contributed by atoms with Gasteiger partial charge in [-0.3, -0.25) is 4.79 Å². The fraction of sp³-hybridized carbons (Fsp3) is 0.409. The molecule has 152 valence electrons. The van der Waals surface area contributed by atoms with Crippen LogP contribution in [0.3, 0.4) is 0 Å². The highest BCUT2D eigenvalue weighted by atomic mass is 35.5. The molecular formula is C22H25ClN4O2. The smallest absolute Gasteiger partial charge is 0.243 e. The SMILES string of the molecule is CCc1nccn1CC(=O)N1CCCC[C@H]1c1ncc(Cc2ccccc2Cl)o1. The molecule has 0 unspecified atom stereocenters. The molecule has 1 amide bonds. The van der Waals surface area contributed by atoms with E-state index in [-0.39, 0.29) is 11.9 Å². The lowest BCUT2D eigenvalue weighted by Crippen LogP contribution is -2.40. The molecule has 1 aromatic carbocycles. The van der Waals surface area contributed by atoms with E-state index in [4.69, 9.17) is 16.0 Å². The molecule has 1 atom stereocenters. The fourth-order valence-electron chi connectivity index (χ4n) is 3.91. The highest BCUT2D eigenvalue weighted by Gasteiger charge is 2.31. The zero-order chi connectivity index (χ0) is 20.2. The molecular weight excluding hydrogens is 388 g/mol. The van der Waals surface area contributed by atoms with Crippen LogP contribution in [0.25, 0.3) is 0 Å². The van der Waals surface area contributed by atoms with Crippen molar-refractivity contribution >= 4 is 17.5 Å². The topological polar surface area (TPSA) is 64.2 Å². The Morgan fingerprint density at radius 2 is 2.14 bits per heavy atom. The Morgan fingerprint density at radius 1 is 1.28 bits per heavy atom. The van der Waals surface area contributed by atoms with Crippen LogP contribution >= 0.6 is 11.6 Å². The second-order valence-electron chi connectivity index (χ2n) is 7.36. The number of imidazole rings is 1. The molecule has 0 spiro atoms. The normalized spacial score (nSPS) is 16.9. The van der Waals surface area contributed by atoms with Crippen molar-refractivity contribution < 1.29 is 9.21 Å². The average molecular weight is 413 g/mol. The van der Waals surface area contributed by atoms with E-state index in [1.165, 1.54) is 0 Å². The molecule has 1 aliphatic rings. The summed E-state index contributed by atoms with van der Waals surface area (Å²) in [4.78, 5) is 23.8. The van der Waals surface area contributed by atoms with Gasteiger partial charge in [0.1, 0.15) is 24.2 Å². The summed E-state index contributed by atoms with van der Waals surface area (Å²) in [5.41, 5.74) is 1.00. The minimum Gasteiger partial charge on any atom is -0.443 e. The van der Waals surface area contributed by atoms with E-state index in [1.54, 1.807) is 12.4 Å². The molecule has 0 bridgehead atoms. The summed E-state index contributed by atoms with van der Waals surface area (Å²) in [5, 5.41) is 0.715. The first-order valence-corrected chi connectivity index (χ1v) is 10.5. The number of hydrogen-bond acceptors (Lipinski definition) is 4. The number of aromatic nitrogens is 3. The van der Waals surface area contributed by atoms with Crippen molar-refractivity contribution in [3.8, 4) is 0 Å². The lowest BCUT2D eigenvalue weighted by atomic mass is 10.0. The zero-order valence-corrected chi connectivity index (χ0v) is 17.3. The third-order valence-corrected chi connectivity index (χ3v) is 5.79. The third-order valence-electron chi connectivity index (χ3n) is 5.43. The molecule has 3 aromatic rings. The molecule has 0 N–H and O–H groups in total. The van der Waals surface area contributed by atoms with Gasteiger partial charge in [-0.05, 0) is 30.9 Å². The third kappa shape index (κ3) is 4.37. The number of piperidine rings is 1. The first kappa shape index (κ1) is 19.7. The van der Waals surface area contributed by atoms with Gasteiger partial charge in [0, 0.05) is 36.8 Å². The number of halogens is 1. The summed E-state index contributed by atoms with van der Waals surface area (Å²) >= 11 is 6.26. The molecule has 1 saturated heterocycles. The lowest BCUT2D eigenvalue weighted by Gasteiger charge is -2.34. The van der Waals surface area contributed by atoms with Gasteiger partial charge in [-0.1, -0.05) is 36.7 Å². The number of benzene rings is 1. The van der Waals surface area contributed by atoms with Crippen molar-refractivity contribution in [1.82, 2.24) is 19.4 Å². The van der Waals surface area contributed by atoms with Crippen molar-refractivity contribution in [2.24, 2.45) is 0 Å². The van der Waals surface area contributed by atoms with E-state index in [2.05, 4.69) is 9.97 Å². The van der Waals surface area contributed by atoms with Gasteiger partial charge in [-0.25, -0.2) is 9.97 Å². The molecule has 2 aromatic heterocycles. The minimum atomic E-state index is -0.121. The number of carbonyl (C=O) groups is 1. The van der Waals surface area contributed by atoms with Gasteiger partial charge >= 0.3 is 0 Å². The van der Waals surface area contributed by atoms with Gasteiger partial charge in [0.2, 0.25) is 11.8 Å². The van der Waals surface area contributed by atoms with Gasteiger partial charge < -0.3 is 13.9 Å². The maximum absolute atomic E-state index is 13.1. The molecule has 0 aliphatic carbocycles. The molecule has 7 heteroatoms. The summed E-state index contributed by atoms with van der Waals surface area (Å²) in [5.74, 6) is 2.37. The Hall–Kier alpha value is -2.60. The average Bonchev–Trinajstić information content (AvgIpc) is 3.39. The Bertz CT molecular complexity index is 981. The summed E-state index contributed by atoms with van der Waals surface area (Å²) in [7, 11) is 0. The van der Waals surface area contributed by atoms with Crippen molar-refractivity contribution in [2.75, 3.05) is 6.54 Å². The first-order chi connectivity index (χ1) is 14.2. The van der Waals surface area contributed by atoms with E-state index < -0.39 is 0 Å². The molecule has 0 saturated carbocycles. The number of amides is 1. The highest BCUT2D eigenvalue weighted by molar-refractivity contribution is 6.31. The number of aryl methyl sites for hydroxylation is 1. The first-order valence-electron chi connectivity index (χ1n) is 10.1. The van der Waals surface area contributed by atoms with E-state index in [0.29, 0.717) is 23.9 Å².